The molecule has 0 atom stereocenters. The molecule has 0 saturated carbocycles. The average Bonchev–Trinajstić information content (AvgIpc) is 2.12. The lowest BCUT2D eigenvalue weighted by Gasteiger charge is -2.23. The van der Waals surface area contributed by atoms with E-state index in [1.54, 1.807) is 0 Å². The van der Waals surface area contributed by atoms with Crippen LogP contribution in [0.2, 0.25) is 26.2 Å². The van der Waals surface area contributed by atoms with Crippen LogP contribution in [0.25, 0.3) is 0 Å². The van der Waals surface area contributed by atoms with Gasteiger partial charge >= 0.3 is 0 Å². The molecule has 4 heteroatoms. The lowest BCUT2D eigenvalue weighted by molar-refractivity contribution is 0.635. The number of rotatable bonds is 2. The molecule has 0 rings (SSSR count). The molecule has 0 unspecified atom stereocenters. The van der Waals surface area contributed by atoms with Crippen LogP contribution in [-0.4, -0.2) is 53.8 Å². The molecule has 0 heterocycles. The Morgan fingerprint density at radius 3 is 1.06 bits per heavy atom. The second kappa shape index (κ2) is 5.70. The summed E-state index contributed by atoms with van der Waals surface area (Å²) < 4.78 is 4.46. The normalized spacial score (nSPS) is 11.9. The topological polar surface area (TPSA) is 6.48 Å². The SMILES string of the molecule is CN(C)[Si](C)(C)C#CC#C[Si](C)(C)N(C)C. The Bertz CT molecular complexity index is 313. The molecule has 0 radical (unpaired) electrons. The number of hydrogen-bond acceptors (Lipinski definition) is 2. The highest BCUT2D eigenvalue weighted by Gasteiger charge is 2.21. The van der Waals surface area contributed by atoms with Gasteiger partial charge in [0.2, 0.25) is 16.5 Å². The minimum atomic E-state index is -1.53. The molecule has 0 saturated heterocycles. The average molecular weight is 253 g/mol. The van der Waals surface area contributed by atoms with Gasteiger partial charge in [-0.1, -0.05) is 11.1 Å². The maximum absolute atomic E-state index is 3.31. The first-order valence-electron chi connectivity index (χ1n) is 5.49. The lowest BCUT2D eigenvalue weighted by Crippen LogP contribution is -2.42. The van der Waals surface area contributed by atoms with Gasteiger partial charge in [0.05, 0.1) is 0 Å². The molecule has 0 aliphatic heterocycles. The predicted molar refractivity (Wildman–Crippen MR) is 77.9 cm³/mol. The number of hydrogen-bond donors (Lipinski definition) is 0. The quantitative estimate of drug-likeness (QED) is 0.544. The third-order valence-electron chi connectivity index (χ3n) is 3.04. The van der Waals surface area contributed by atoms with Gasteiger partial charge in [-0.05, 0) is 66.2 Å². The fourth-order valence-electron chi connectivity index (χ4n) is 0.592. The predicted octanol–water partition coefficient (Wildman–Crippen LogP) is 1.60. The maximum atomic E-state index is 3.31. The Morgan fingerprint density at radius 2 is 0.875 bits per heavy atom. The van der Waals surface area contributed by atoms with Crippen LogP contribution in [0.4, 0.5) is 0 Å². The zero-order chi connectivity index (χ0) is 13.0. The second-order valence-electron chi connectivity index (χ2n) is 5.41. The fourth-order valence-corrected chi connectivity index (χ4v) is 1.78. The monoisotopic (exact) mass is 252 g/mol. The van der Waals surface area contributed by atoms with Gasteiger partial charge < -0.3 is 9.13 Å². The molecular weight excluding hydrogens is 228 g/mol. The Labute approximate surface area is 103 Å². The molecule has 0 aliphatic carbocycles. The van der Waals surface area contributed by atoms with E-state index < -0.39 is 16.5 Å². The van der Waals surface area contributed by atoms with Gasteiger partial charge in [-0.15, -0.1) is 0 Å². The molecule has 0 aromatic rings. The molecule has 0 aliphatic rings. The highest BCUT2D eigenvalue weighted by molar-refractivity contribution is 6.83. The first-order valence-corrected chi connectivity index (χ1v) is 11.4. The van der Waals surface area contributed by atoms with Gasteiger partial charge in [0.1, 0.15) is 0 Å². The minimum absolute atomic E-state index is 1.53. The lowest BCUT2D eigenvalue weighted by atomic mass is 10.7. The summed E-state index contributed by atoms with van der Waals surface area (Å²) in [5, 5.41) is 0. The molecule has 0 fully saturated rings. The maximum Gasteiger partial charge on any atom is 0.205 e. The van der Waals surface area contributed by atoms with Crippen LogP contribution < -0.4 is 0 Å². The molecule has 16 heavy (non-hydrogen) atoms. The van der Waals surface area contributed by atoms with Gasteiger partial charge in [0.15, 0.2) is 0 Å². The molecule has 0 spiro atoms. The molecule has 0 aromatic carbocycles. The van der Waals surface area contributed by atoms with Crippen LogP contribution in [0.15, 0.2) is 0 Å². The van der Waals surface area contributed by atoms with E-state index in [4.69, 9.17) is 0 Å². The van der Waals surface area contributed by atoms with Crippen molar-refractivity contribution < 1.29 is 0 Å². The third-order valence-corrected chi connectivity index (χ3v) is 8.98. The molecule has 2 nitrogen and oxygen atoms in total. The summed E-state index contributed by atoms with van der Waals surface area (Å²) >= 11 is 0. The fraction of sp³-hybridized carbons (Fsp3) is 0.667. The van der Waals surface area contributed by atoms with E-state index in [9.17, 15) is 0 Å². The van der Waals surface area contributed by atoms with Crippen LogP contribution in [0.5, 0.6) is 0 Å². The summed E-state index contributed by atoms with van der Waals surface area (Å²) in [4.78, 5) is 0. The highest BCUT2D eigenvalue weighted by atomic mass is 28.3. The summed E-state index contributed by atoms with van der Waals surface area (Å²) in [6.07, 6.45) is 0. The first kappa shape index (κ1) is 15.5. The smallest absolute Gasteiger partial charge is 0.205 e. The van der Waals surface area contributed by atoms with E-state index in [1.165, 1.54) is 0 Å². The zero-order valence-electron chi connectivity index (χ0n) is 11.9. The van der Waals surface area contributed by atoms with Crippen molar-refractivity contribution in [3.05, 3.63) is 0 Å². The van der Waals surface area contributed by atoms with Crippen LogP contribution >= 0.6 is 0 Å². The summed E-state index contributed by atoms with van der Waals surface area (Å²) in [5.41, 5.74) is 6.63. The molecule has 0 N–H and O–H groups in total. The largest absolute Gasteiger partial charge is 0.320 e. The van der Waals surface area contributed by atoms with Crippen molar-refractivity contribution in [2.24, 2.45) is 0 Å². The van der Waals surface area contributed by atoms with Crippen LogP contribution in [0, 0.1) is 22.9 Å². The Hall–Kier alpha value is -0.526. The second-order valence-corrected chi connectivity index (χ2v) is 13.9. The summed E-state index contributed by atoms with van der Waals surface area (Å²) in [6, 6.07) is 0. The summed E-state index contributed by atoms with van der Waals surface area (Å²) in [7, 11) is 5.30. The molecule has 0 amide bonds. The molecule has 0 bridgehead atoms. The van der Waals surface area contributed by atoms with Gasteiger partial charge in [0, 0.05) is 0 Å². The van der Waals surface area contributed by atoms with E-state index in [-0.39, 0.29) is 0 Å². The van der Waals surface area contributed by atoms with E-state index in [1.807, 2.05) is 0 Å². The number of nitrogens with zero attached hydrogens (tertiary/aromatic N) is 2. The van der Waals surface area contributed by atoms with E-state index in [2.05, 4.69) is 86.4 Å². The molecule has 0 aromatic heterocycles. The van der Waals surface area contributed by atoms with Crippen molar-refractivity contribution in [2.75, 3.05) is 28.2 Å². The standard InChI is InChI=1S/C12H24N2Si2/c1-13(2)15(5,6)11-9-10-12-16(7,8)14(3)4/h1-8H3. The minimum Gasteiger partial charge on any atom is -0.320 e. The van der Waals surface area contributed by atoms with Crippen molar-refractivity contribution >= 4 is 16.5 Å². The van der Waals surface area contributed by atoms with Gasteiger partial charge in [-0.3, -0.25) is 0 Å². The van der Waals surface area contributed by atoms with Crippen LogP contribution in [0.1, 0.15) is 0 Å². The molecule has 90 valence electrons. The van der Waals surface area contributed by atoms with Crippen LogP contribution in [-0.2, 0) is 0 Å². The first-order chi connectivity index (χ1) is 7.09. The van der Waals surface area contributed by atoms with E-state index >= 15 is 0 Å². The Balaban J connectivity index is 4.71. The van der Waals surface area contributed by atoms with Gasteiger partial charge in [-0.2, -0.15) is 0 Å². The van der Waals surface area contributed by atoms with E-state index in [0.717, 1.165) is 0 Å². The highest BCUT2D eigenvalue weighted by Crippen LogP contribution is 2.03. The zero-order valence-corrected chi connectivity index (χ0v) is 13.9. The summed E-state index contributed by atoms with van der Waals surface area (Å²) in [5.74, 6) is 6.07. The van der Waals surface area contributed by atoms with Crippen molar-refractivity contribution in [3.63, 3.8) is 0 Å². The van der Waals surface area contributed by atoms with Crippen molar-refractivity contribution in [3.8, 4) is 22.9 Å². The van der Waals surface area contributed by atoms with Crippen molar-refractivity contribution in [1.82, 2.24) is 9.13 Å². The Morgan fingerprint density at radius 1 is 0.625 bits per heavy atom. The van der Waals surface area contributed by atoms with Crippen molar-refractivity contribution in [2.45, 2.75) is 26.2 Å². The summed E-state index contributed by atoms with van der Waals surface area (Å²) in [6.45, 7) is 8.93. The Kier molecular flexibility index (Phi) is 5.51. The van der Waals surface area contributed by atoms with Gasteiger partial charge in [0.25, 0.3) is 0 Å². The molecular formula is C12H24N2Si2. The van der Waals surface area contributed by atoms with Crippen LogP contribution in [0.3, 0.4) is 0 Å². The van der Waals surface area contributed by atoms with Gasteiger partial charge in [-0.25, -0.2) is 0 Å². The van der Waals surface area contributed by atoms with E-state index in [0.29, 0.717) is 0 Å². The van der Waals surface area contributed by atoms with Crippen molar-refractivity contribution in [1.29, 1.82) is 0 Å². The third kappa shape index (κ3) is 5.00.